The van der Waals surface area contributed by atoms with E-state index in [1.807, 2.05) is 17.4 Å². The van der Waals surface area contributed by atoms with E-state index >= 15 is 0 Å². The van der Waals surface area contributed by atoms with Gasteiger partial charge in [-0.3, -0.25) is 4.79 Å². The van der Waals surface area contributed by atoms with E-state index < -0.39 is 11.4 Å². The SMILES string of the molecule is COc1c(-c2cc3c(s2)CCCC3N(C)C)c(C2CC2)cc2c(=O)c(C(=O)O)c[nH]c12. The first kappa shape index (κ1) is 20.3. The lowest BCUT2D eigenvalue weighted by atomic mass is 9.91. The number of rotatable bonds is 5. The molecule has 2 aliphatic carbocycles. The number of aromatic amines is 1. The smallest absolute Gasteiger partial charge is 0.341 e. The molecule has 1 atom stereocenters. The number of carbonyl (C=O) groups is 1. The van der Waals surface area contributed by atoms with Gasteiger partial charge in [0.25, 0.3) is 0 Å². The average molecular weight is 439 g/mol. The molecule has 0 aliphatic heterocycles. The van der Waals surface area contributed by atoms with Crippen molar-refractivity contribution in [2.75, 3.05) is 21.2 Å². The predicted octanol–water partition coefficient (Wildman–Crippen LogP) is 4.78. The van der Waals surface area contributed by atoms with Crippen molar-refractivity contribution >= 4 is 28.2 Å². The normalized spacial score (nSPS) is 18.4. The molecule has 1 aromatic carbocycles. The number of hydrogen-bond donors (Lipinski definition) is 2. The maximum Gasteiger partial charge on any atom is 0.341 e. The lowest BCUT2D eigenvalue weighted by Crippen LogP contribution is -2.22. The van der Waals surface area contributed by atoms with Gasteiger partial charge in [0.1, 0.15) is 5.56 Å². The van der Waals surface area contributed by atoms with Crippen LogP contribution in [0, 0.1) is 0 Å². The van der Waals surface area contributed by atoms with Gasteiger partial charge < -0.3 is 19.7 Å². The Morgan fingerprint density at radius 3 is 2.65 bits per heavy atom. The first-order valence-electron chi connectivity index (χ1n) is 10.7. The lowest BCUT2D eigenvalue weighted by Gasteiger charge is -2.28. The molecule has 7 heteroatoms. The Morgan fingerprint density at radius 1 is 1.23 bits per heavy atom. The quantitative estimate of drug-likeness (QED) is 0.599. The zero-order valence-corrected chi connectivity index (χ0v) is 18.8. The van der Waals surface area contributed by atoms with Crippen LogP contribution in [0.25, 0.3) is 21.3 Å². The van der Waals surface area contributed by atoms with E-state index in [9.17, 15) is 14.7 Å². The highest BCUT2D eigenvalue weighted by molar-refractivity contribution is 7.15. The summed E-state index contributed by atoms with van der Waals surface area (Å²) in [6.07, 6.45) is 6.86. The number of aromatic carboxylic acids is 1. The van der Waals surface area contributed by atoms with Crippen LogP contribution in [-0.4, -0.2) is 42.2 Å². The van der Waals surface area contributed by atoms with E-state index in [0.717, 1.165) is 36.8 Å². The molecule has 0 saturated heterocycles. The molecule has 2 heterocycles. The number of hydrogen-bond acceptors (Lipinski definition) is 5. The first-order valence-corrected chi connectivity index (χ1v) is 11.5. The molecule has 2 N–H and O–H groups in total. The molecule has 2 aliphatic rings. The third kappa shape index (κ3) is 3.27. The molecule has 1 fully saturated rings. The van der Waals surface area contributed by atoms with E-state index in [4.69, 9.17) is 4.74 Å². The highest BCUT2D eigenvalue weighted by Gasteiger charge is 2.33. The van der Waals surface area contributed by atoms with Crippen LogP contribution in [-0.2, 0) is 6.42 Å². The highest BCUT2D eigenvalue weighted by atomic mass is 32.1. The summed E-state index contributed by atoms with van der Waals surface area (Å²) in [5.74, 6) is -0.210. The number of nitrogens with one attached hydrogen (secondary N) is 1. The average Bonchev–Trinajstić information content (AvgIpc) is 3.50. The minimum absolute atomic E-state index is 0.246. The van der Waals surface area contributed by atoms with Gasteiger partial charge in [0.2, 0.25) is 5.43 Å². The van der Waals surface area contributed by atoms with E-state index in [1.165, 1.54) is 27.9 Å². The number of pyridine rings is 1. The van der Waals surface area contributed by atoms with Crippen molar-refractivity contribution in [1.29, 1.82) is 0 Å². The number of aryl methyl sites for hydroxylation is 1. The monoisotopic (exact) mass is 438 g/mol. The minimum atomic E-state index is -1.22. The van der Waals surface area contributed by atoms with Crippen molar-refractivity contribution < 1.29 is 14.6 Å². The van der Waals surface area contributed by atoms with Crippen LogP contribution in [0.3, 0.4) is 0 Å². The Kier molecular flexibility index (Phi) is 4.90. The van der Waals surface area contributed by atoms with E-state index in [2.05, 4.69) is 30.0 Å². The topological polar surface area (TPSA) is 82.6 Å². The third-order valence-electron chi connectivity index (χ3n) is 6.57. The molecular formula is C24H26N2O4S. The number of thiophene rings is 1. The van der Waals surface area contributed by atoms with Gasteiger partial charge in [0.15, 0.2) is 5.75 Å². The van der Waals surface area contributed by atoms with Crippen LogP contribution < -0.4 is 10.2 Å². The zero-order chi connectivity index (χ0) is 21.9. The Bertz CT molecular complexity index is 1250. The molecule has 2 aromatic heterocycles. The first-order chi connectivity index (χ1) is 14.9. The van der Waals surface area contributed by atoms with E-state index in [1.54, 1.807) is 7.11 Å². The van der Waals surface area contributed by atoms with Crippen molar-refractivity contribution in [3.8, 4) is 16.2 Å². The van der Waals surface area contributed by atoms with Crippen LogP contribution in [0.4, 0.5) is 0 Å². The van der Waals surface area contributed by atoms with Gasteiger partial charge in [0.05, 0.1) is 18.0 Å². The Labute approximate surface area is 184 Å². The molecule has 162 valence electrons. The molecule has 0 radical (unpaired) electrons. The molecule has 1 saturated carbocycles. The van der Waals surface area contributed by atoms with Gasteiger partial charge in [-0.1, -0.05) is 0 Å². The third-order valence-corrected chi connectivity index (χ3v) is 7.79. The predicted molar refractivity (Wildman–Crippen MR) is 123 cm³/mol. The van der Waals surface area contributed by atoms with E-state index in [-0.39, 0.29) is 5.56 Å². The number of benzene rings is 1. The fourth-order valence-corrected chi connectivity index (χ4v) is 6.20. The second-order valence-electron chi connectivity index (χ2n) is 8.77. The molecule has 0 amide bonds. The van der Waals surface area contributed by atoms with E-state index in [0.29, 0.717) is 28.6 Å². The summed E-state index contributed by atoms with van der Waals surface area (Å²) >= 11 is 1.83. The number of H-pyrrole nitrogens is 1. The summed E-state index contributed by atoms with van der Waals surface area (Å²) in [4.78, 5) is 32.3. The van der Waals surface area contributed by atoms with Gasteiger partial charge in [-0.2, -0.15) is 0 Å². The van der Waals surface area contributed by atoms with Crippen molar-refractivity contribution in [2.24, 2.45) is 0 Å². The molecule has 1 unspecified atom stereocenters. The fraction of sp³-hybridized carbons (Fsp3) is 0.417. The van der Waals surface area contributed by atoms with Gasteiger partial charge in [-0.05, 0) is 75.4 Å². The van der Waals surface area contributed by atoms with Crippen molar-refractivity contribution in [1.82, 2.24) is 9.88 Å². The summed E-state index contributed by atoms with van der Waals surface area (Å²) in [5.41, 5.74) is 3.39. The minimum Gasteiger partial charge on any atom is -0.494 e. The molecule has 5 rings (SSSR count). The molecule has 6 nitrogen and oxygen atoms in total. The maximum atomic E-state index is 12.9. The van der Waals surface area contributed by atoms with Crippen molar-refractivity contribution in [2.45, 2.75) is 44.1 Å². The standard InChI is InChI=1S/C24H26N2O4S/c1-26(2)17-5-4-6-18-14(17)10-19(31-18)20-13(12-7-8-12)9-15-21(23(20)30-3)25-11-16(22(15)27)24(28)29/h9-12,17H,4-8H2,1-3H3,(H,25,27)(H,28,29). The van der Waals surface area contributed by atoms with Crippen LogP contribution in [0.2, 0.25) is 0 Å². The van der Waals surface area contributed by atoms with Crippen LogP contribution >= 0.6 is 11.3 Å². The molecule has 31 heavy (non-hydrogen) atoms. The number of fused-ring (bicyclic) bond motifs is 2. The molecule has 0 spiro atoms. The second kappa shape index (κ2) is 7.50. The Hall–Kier alpha value is -2.64. The van der Waals surface area contributed by atoms with Gasteiger partial charge in [0, 0.05) is 27.6 Å². The number of carboxylic acid groups (broad SMARTS) is 1. The second-order valence-corrected chi connectivity index (χ2v) is 9.91. The molecule has 3 aromatic rings. The van der Waals surface area contributed by atoms with Gasteiger partial charge in [-0.15, -0.1) is 11.3 Å². The van der Waals surface area contributed by atoms with Crippen LogP contribution in [0.15, 0.2) is 23.1 Å². The lowest BCUT2D eigenvalue weighted by molar-refractivity contribution is 0.0695. The highest BCUT2D eigenvalue weighted by Crippen LogP contribution is 2.52. The van der Waals surface area contributed by atoms with Gasteiger partial charge in [-0.25, -0.2) is 4.79 Å². The largest absolute Gasteiger partial charge is 0.494 e. The zero-order valence-electron chi connectivity index (χ0n) is 17.9. The maximum absolute atomic E-state index is 12.9. The van der Waals surface area contributed by atoms with Crippen LogP contribution in [0.1, 0.15) is 64.0 Å². The number of methoxy groups -OCH3 is 1. The Morgan fingerprint density at radius 2 is 2.00 bits per heavy atom. The summed E-state index contributed by atoms with van der Waals surface area (Å²) in [7, 11) is 5.89. The number of carboxylic acids is 1. The van der Waals surface area contributed by atoms with Gasteiger partial charge >= 0.3 is 5.97 Å². The number of ether oxygens (including phenoxy) is 1. The summed E-state index contributed by atoms with van der Waals surface area (Å²) in [6, 6.07) is 4.63. The van der Waals surface area contributed by atoms with Crippen LogP contribution in [0.5, 0.6) is 5.75 Å². The molecule has 0 bridgehead atoms. The number of aromatic nitrogens is 1. The molecular weight excluding hydrogens is 412 g/mol. The summed E-state index contributed by atoms with van der Waals surface area (Å²) in [6.45, 7) is 0. The fourth-order valence-electron chi connectivity index (χ4n) is 4.88. The Balaban J connectivity index is 1.78. The number of nitrogens with zero attached hydrogens (tertiary/aromatic N) is 1. The summed E-state index contributed by atoms with van der Waals surface area (Å²) in [5, 5.41) is 9.77. The van der Waals surface area contributed by atoms with Crippen molar-refractivity contribution in [3.63, 3.8) is 0 Å². The van der Waals surface area contributed by atoms with Crippen molar-refractivity contribution in [3.05, 3.63) is 50.1 Å². The summed E-state index contributed by atoms with van der Waals surface area (Å²) < 4.78 is 5.87.